The van der Waals surface area contributed by atoms with E-state index in [-0.39, 0.29) is 21.3 Å². The largest absolute Gasteiger partial charge is 0.508 e. The predicted molar refractivity (Wildman–Crippen MR) is 75.9 cm³/mol. The third-order valence-electron chi connectivity index (χ3n) is 3.46. The molecule has 2 aromatic carbocycles. The van der Waals surface area contributed by atoms with Crippen LogP contribution in [0.2, 0.25) is 0 Å². The van der Waals surface area contributed by atoms with Gasteiger partial charge in [0.05, 0.1) is 4.90 Å². The maximum Gasteiger partial charge on any atom is 0.210 e. The average Bonchev–Trinajstić information content (AvgIpc) is 2.35. The second kappa shape index (κ2) is 4.83. The Morgan fingerprint density at radius 2 is 1.50 bits per heavy atom. The number of rotatable bonds is 2. The molecule has 0 spiro atoms. The van der Waals surface area contributed by atoms with E-state index < -0.39 is 9.84 Å². The third kappa shape index (κ3) is 2.14. The lowest BCUT2D eigenvalue weighted by atomic mass is 10.1. The van der Waals surface area contributed by atoms with Gasteiger partial charge in [0.2, 0.25) is 9.84 Å². The first kappa shape index (κ1) is 14.4. The normalized spacial score (nSPS) is 11.6. The van der Waals surface area contributed by atoms with Gasteiger partial charge in [-0.05, 0) is 55.7 Å². The molecule has 5 heteroatoms. The van der Waals surface area contributed by atoms with Gasteiger partial charge >= 0.3 is 0 Å². The van der Waals surface area contributed by atoms with Gasteiger partial charge in [-0.1, -0.05) is 12.1 Å². The van der Waals surface area contributed by atoms with Crippen molar-refractivity contribution in [2.45, 2.75) is 30.6 Å². The number of aryl methyl sites for hydroxylation is 1. The molecule has 4 nitrogen and oxygen atoms in total. The Balaban J connectivity index is 2.78. The van der Waals surface area contributed by atoms with Crippen LogP contribution in [0.5, 0.6) is 11.5 Å². The molecule has 2 N–H and O–H groups in total. The molecule has 0 unspecified atom stereocenters. The van der Waals surface area contributed by atoms with Crippen LogP contribution in [0.1, 0.15) is 16.7 Å². The zero-order valence-electron chi connectivity index (χ0n) is 11.5. The van der Waals surface area contributed by atoms with Crippen LogP contribution in [0.15, 0.2) is 40.1 Å². The van der Waals surface area contributed by atoms with Crippen molar-refractivity contribution in [1.29, 1.82) is 0 Å². The molecule has 0 aliphatic rings. The van der Waals surface area contributed by atoms with Crippen molar-refractivity contribution in [2.75, 3.05) is 0 Å². The molecule has 0 bridgehead atoms. The molecular formula is C15H16O4S. The fraction of sp³-hybridized carbons (Fsp3) is 0.200. The molecule has 0 atom stereocenters. The molecule has 0 fully saturated rings. The number of hydrogen-bond acceptors (Lipinski definition) is 4. The van der Waals surface area contributed by atoms with Crippen molar-refractivity contribution in [1.82, 2.24) is 0 Å². The first-order chi connectivity index (χ1) is 9.26. The maximum absolute atomic E-state index is 12.7. The first-order valence-corrected chi connectivity index (χ1v) is 7.58. The van der Waals surface area contributed by atoms with Gasteiger partial charge in [-0.3, -0.25) is 0 Å². The summed E-state index contributed by atoms with van der Waals surface area (Å²) in [6.07, 6.45) is 0. The van der Waals surface area contributed by atoms with Crippen molar-refractivity contribution < 1.29 is 18.6 Å². The van der Waals surface area contributed by atoms with Gasteiger partial charge in [0, 0.05) is 0 Å². The van der Waals surface area contributed by atoms with Crippen LogP contribution < -0.4 is 0 Å². The Bertz CT molecular complexity index is 756. The number of phenols is 2. The summed E-state index contributed by atoms with van der Waals surface area (Å²) < 4.78 is 25.4. The highest BCUT2D eigenvalue weighted by Gasteiger charge is 2.26. The molecule has 106 valence electrons. The Labute approximate surface area is 118 Å². The van der Waals surface area contributed by atoms with E-state index in [1.54, 1.807) is 32.9 Å². The summed E-state index contributed by atoms with van der Waals surface area (Å²) in [5.74, 6) is -0.217. The lowest BCUT2D eigenvalue weighted by Crippen LogP contribution is -2.07. The maximum atomic E-state index is 12.7. The topological polar surface area (TPSA) is 74.6 Å². The van der Waals surface area contributed by atoms with Crippen LogP contribution in [0.4, 0.5) is 0 Å². The number of hydrogen-bond donors (Lipinski definition) is 2. The highest BCUT2D eigenvalue weighted by atomic mass is 32.2. The lowest BCUT2D eigenvalue weighted by Gasteiger charge is -2.13. The van der Waals surface area contributed by atoms with E-state index in [4.69, 9.17) is 0 Å². The van der Waals surface area contributed by atoms with Crippen LogP contribution in [0.25, 0.3) is 0 Å². The Morgan fingerprint density at radius 3 is 2.10 bits per heavy atom. The number of sulfone groups is 1. The number of aromatic hydroxyl groups is 2. The molecule has 0 saturated heterocycles. The fourth-order valence-electron chi connectivity index (χ4n) is 2.17. The van der Waals surface area contributed by atoms with Gasteiger partial charge in [-0.2, -0.15) is 0 Å². The van der Waals surface area contributed by atoms with E-state index in [1.807, 2.05) is 0 Å². The van der Waals surface area contributed by atoms with Crippen molar-refractivity contribution >= 4 is 9.84 Å². The van der Waals surface area contributed by atoms with E-state index in [0.717, 1.165) is 0 Å². The van der Waals surface area contributed by atoms with Gasteiger partial charge in [0.1, 0.15) is 16.4 Å². The van der Waals surface area contributed by atoms with Crippen molar-refractivity contribution in [3.63, 3.8) is 0 Å². The summed E-state index contributed by atoms with van der Waals surface area (Å²) in [6.45, 7) is 4.92. The third-order valence-corrected chi connectivity index (χ3v) is 5.55. The summed E-state index contributed by atoms with van der Waals surface area (Å²) in [4.78, 5) is 0.00518. The van der Waals surface area contributed by atoms with E-state index >= 15 is 0 Å². The highest BCUT2D eigenvalue weighted by molar-refractivity contribution is 7.91. The van der Waals surface area contributed by atoms with Crippen LogP contribution >= 0.6 is 0 Å². The summed E-state index contributed by atoms with van der Waals surface area (Å²) in [7, 11) is -3.83. The molecule has 0 saturated carbocycles. The molecule has 0 heterocycles. The SMILES string of the molecule is Cc1cccc(O)c1S(=O)(=O)c1ccc(O)c(C)c1C. The van der Waals surface area contributed by atoms with Gasteiger partial charge < -0.3 is 10.2 Å². The fourth-order valence-corrected chi connectivity index (χ4v) is 4.03. The quantitative estimate of drug-likeness (QED) is 0.892. The lowest BCUT2D eigenvalue weighted by molar-refractivity contribution is 0.457. The van der Waals surface area contributed by atoms with Crippen LogP contribution in [-0.4, -0.2) is 18.6 Å². The Kier molecular flexibility index (Phi) is 3.48. The average molecular weight is 292 g/mol. The minimum Gasteiger partial charge on any atom is -0.508 e. The molecule has 20 heavy (non-hydrogen) atoms. The monoisotopic (exact) mass is 292 g/mol. The molecular weight excluding hydrogens is 276 g/mol. The smallest absolute Gasteiger partial charge is 0.210 e. The highest BCUT2D eigenvalue weighted by Crippen LogP contribution is 2.35. The molecule has 0 aliphatic heterocycles. The van der Waals surface area contributed by atoms with Crippen LogP contribution in [-0.2, 0) is 9.84 Å². The molecule has 0 aromatic heterocycles. The zero-order chi connectivity index (χ0) is 15.1. The van der Waals surface area contributed by atoms with Gasteiger partial charge in [0.15, 0.2) is 0 Å². The minimum atomic E-state index is -3.83. The summed E-state index contributed by atoms with van der Waals surface area (Å²) in [5.41, 5.74) is 1.47. The zero-order valence-corrected chi connectivity index (χ0v) is 12.3. The minimum absolute atomic E-state index is 0.0513. The van der Waals surface area contributed by atoms with Crippen LogP contribution in [0.3, 0.4) is 0 Å². The second-order valence-corrected chi connectivity index (χ2v) is 6.61. The van der Waals surface area contributed by atoms with Crippen molar-refractivity contribution in [3.8, 4) is 11.5 Å². The standard InChI is InChI=1S/C15H16O4S/c1-9-5-4-6-13(17)15(9)20(18,19)14-8-7-12(16)10(2)11(14)3/h4-8,16-17H,1-3H3. The summed E-state index contributed by atoms with van der Waals surface area (Å²) in [6, 6.07) is 7.29. The first-order valence-electron chi connectivity index (χ1n) is 6.09. The van der Waals surface area contributed by atoms with Gasteiger partial charge in [0.25, 0.3) is 0 Å². The number of benzene rings is 2. The second-order valence-electron chi connectivity index (χ2n) is 4.76. The van der Waals surface area contributed by atoms with E-state index in [0.29, 0.717) is 16.7 Å². The van der Waals surface area contributed by atoms with E-state index in [1.165, 1.54) is 18.2 Å². The van der Waals surface area contributed by atoms with Crippen LogP contribution in [0, 0.1) is 20.8 Å². The molecule has 0 aliphatic carbocycles. The molecule has 2 rings (SSSR count). The Morgan fingerprint density at radius 1 is 0.850 bits per heavy atom. The molecule has 0 amide bonds. The summed E-state index contributed by atoms with van der Waals surface area (Å²) >= 11 is 0. The van der Waals surface area contributed by atoms with Crippen molar-refractivity contribution in [2.24, 2.45) is 0 Å². The van der Waals surface area contributed by atoms with Gasteiger partial charge in [-0.15, -0.1) is 0 Å². The van der Waals surface area contributed by atoms with E-state index in [9.17, 15) is 18.6 Å². The van der Waals surface area contributed by atoms with Crippen molar-refractivity contribution in [3.05, 3.63) is 47.0 Å². The Hall–Kier alpha value is -2.01. The summed E-state index contributed by atoms with van der Waals surface area (Å²) in [5, 5.41) is 19.5. The number of phenolic OH excluding ortho intramolecular Hbond substituents is 2. The predicted octanol–water partition coefficient (Wildman–Crippen LogP) is 2.86. The van der Waals surface area contributed by atoms with E-state index in [2.05, 4.69) is 0 Å². The molecule has 0 radical (unpaired) electrons. The van der Waals surface area contributed by atoms with Gasteiger partial charge in [-0.25, -0.2) is 8.42 Å². The molecule has 2 aromatic rings.